The quantitative estimate of drug-likeness (QED) is 0.404. The van der Waals surface area contributed by atoms with E-state index < -0.39 is 0 Å². The third-order valence-corrected chi connectivity index (χ3v) is 4.81. The summed E-state index contributed by atoms with van der Waals surface area (Å²) in [7, 11) is 3.57. The van der Waals surface area contributed by atoms with Gasteiger partial charge in [-0.3, -0.25) is 5.10 Å². The summed E-state index contributed by atoms with van der Waals surface area (Å²) in [6, 6.07) is 10.4. The molecule has 0 aliphatic heterocycles. The first-order valence-electron chi connectivity index (χ1n) is 9.28. The molecule has 4 rings (SSSR count). The van der Waals surface area contributed by atoms with E-state index in [-0.39, 0.29) is 5.82 Å². The predicted molar refractivity (Wildman–Crippen MR) is 107 cm³/mol. The monoisotopic (exact) mass is 382 g/mol. The van der Waals surface area contributed by atoms with E-state index >= 15 is 0 Å². The van der Waals surface area contributed by atoms with Gasteiger partial charge in [0.2, 0.25) is 0 Å². The van der Waals surface area contributed by atoms with Crippen molar-refractivity contribution in [2.75, 3.05) is 32.6 Å². The molecule has 1 aromatic heterocycles. The molecule has 0 saturated heterocycles. The summed E-state index contributed by atoms with van der Waals surface area (Å²) in [6.07, 6.45) is 1.63. The van der Waals surface area contributed by atoms with E-state index in [1.165, 1.54) is 12.1 Å². The fourth-order valence-corrected chi connectivity index (χ4v) is 3.44. The SMILES string of the molecule is CNCCCOc1cc2c(cc1OC)Cc1c(Nc3cccc(F)c3)n[nH]c1-2. The molecular weight excluding hydrogens is 359 g/mol. The van der Waals surface area contributed by atoms with Gasteiger partial charge in [0.25, 0.3) is 0 Å². The summed E-state index contributed by atoms with van der Waals surface area (Å²) in [4.78, 5) is 0. The second-order valence-corrected chi connectivity index (χ2v) is 6.70. The number of nitrogens with zero attached hydrogens (tertiary/aromatic N) is 1. The van der Waals surface area contributed by atoms with Crippen LogP contribution < -0.4 is 20.1 Å². The molecule has 1 aliphatic carbocycles. The molecule has 0 atom stereocenters. The Balaban J connectivity index is 1.59. The van der Waals surface area contributed by atoms with Gasteiger partial charge in [-0.1, -0.05) is 6.07 Å². The second-order valence-electron chi connectivity index (χ2n) is 6.70. The number of halogens is 1. The molecule has 0 spiro atoms. The van der Waals surface area contributed by atoms with Gasteiger partial charge in [0.05, 0.1) is 19.4 Å². The highest BCUT2D eigenvalue weighted by Gasteiger charge is 2.27. The van der Waals surface area contributed by atoms with Crippen LogP contribution in [-0.2, 0) is 6.42 Å². The molecular formula is C21H23FN4O2. The zero-order valence-electron chi connectivity index (χ0n) is 15.9. The van der Waals surface area contributed by atoms with E-state index in [4.69, 9.17) is 9.47 Å². The molecule has 1 aliphatic rings. The highest BCUT2D eigenvalue weighted by Crippen LogP contribution is 2.44. The lowest BCUT2D eigenvalue weighted by atomic mass is 10.1. The van der Waals surface area contributed by atoms with Crippen molar-refractivity contribution >= 4 is 11.5 Å². The second kappa shape index (κ2) is 7.90. The number of aromatic nitrogens is 2. The van der Waals surface area contributed by atoms with Crippen molar-refractivity contribution in [2.45, 2.75) is 12.8 Å². The fourth-order valence-electron chi connectivity index (χ4n) is 3.44. The molecule has 0 saturated carbocycles. The van der Waals surface area contributed by atoms with E-state index in [9.17, 15) is 4.39 Å². The Morgan fingerprint density at radius 1 is 1.21 bits per heavy atom. The molecule has 7 heteroatoms. The van der Waals surface area contributed by atoms with Gasteiger partial charge in [-0.05, 0) is 55.9 Å². The molecule has 146 valence electrons. The highest BCUT2D eigenvalue weighted by atomic mass is 19.1. The zero-order valence-corrected chi connectivity index (χ0v) is 15.9. The minimum absolute atomic E-state index is 0.287. The molecule has 0 amide bonds. The molecule has 0 radical (unpaired) electrons. The molecule has 0 unspecified atom stereocenters. The van der Waals surface area contributed by atoms with Gasteiger partial charge in [-0.15, -0.1) is 0 Å². The molecule has 2 aromatic carbocycles. The van der Waals surface area contributed by atoms with Gasteiger partial charge >= 0.3 is 0 Å². The van der Waals surface area contributed by atoms with Crippen LogP contribution in [0.1, 0.15) is 17.5 Å². The highest BCUT2D eigenvalue weighted by molar-refractivity contribution is 5.81. The minimum Gasteiger partial charge on any atom is -0.493 e. The van der Waals surface area contributed by atoms with E-state index in [0.29, 0.717) is 18.1 Å². The van der Waals surface area contributed by atoms with Crippen molar-refractivity contribution in [1.82, 2.24) is 15.5 Å². The van der Waals surface area contributed by atoms with Gasteiger partial charge in [-0.2, -0.15) is 5.10 Å². The van der Waals surface area contributed by atoms with Crippen LogP contribution in [0.3, 0.4) is 0 Å². The number of H-pyrrole nitrogens is 1. The molecule has 6 nitrogen and oxygen atoms in total. The first-order valence-corrected chi connectivity index (χ1v) is 9.28. The topological polar surface area (TPSA) is 71.2 Å². The Morgan fingerprint density at radius 3 is 2.89 bits per heavy atom. The molecule has 0 fully saturated rings. The summed E-state index contributed by atoms with van der Waals surface area (Å²) in [5.74, 6) is 1.86. The van der Waals surface area contributed by atoms with E-state index in [1.54, 1.807) is 13.2 Å². The van der Waals surface area contributed by atoms with Crippen LogP contribution in [0, 0.1) is 5.82 Å². The number of benzene rings is 2. The summed E-state index contributed by atoms with van der Waals surface area (Å²) in [5, 5.41) is 13.8. The number of aromatic amines is 1. The number of hydrogen-bond donors (Lipinski definition) is 3. The number of anilines is 2. The Labute approximate surface area is 163 Å². The van der Waals surface area contributed by atoms with Crippen LogP contribution in [0.4, 0.5) is 15.9 Å². The Bertz CT molecular complexity index is 987. The average Bonchev–Trinajstić information content (AvgIpc) is 3.24. The lowest BCUT2D eigenvalue weighted by Crippen LogP contribution is -2.11. The first-order chi connectivity index (χ1) is 13.7. The molecule has 28 heavy (non-hydrogen) atoms. The van der Waals surface area contributed by atoms with E-state index in [2.05, 4.69) is 20.8 Å². The van der Waals surface area contributed by atoms with Crippen molar-refractivity contribution < 1.29 is 13.9 Å². The zero-order chi connectivity index (χ0) is 19.5. The van der Waals surface area contributed by atoms with Crippen molar-refractivity contribution in [3.05, 3.63) is 53.3 Å². The van der Waals surface area contributed by atoms with Gasteiger partial charge in [0.15, 0.2) is 17.3 Å². The van der Waals surface area contributed by atoms with Crippen LogP contribution in [-0.4, -0.2) is 37.5 Å². The smallest absolute Gasteiger partial charge is 0.161 e. The van der Waals surface area contributed by atoms with Crippen LogP contribution >= 0.6 is 0 Å². The normalized spacial score (nSPS) is 11.8. The minimum atomic E-state index is -0.287. The third-order valence-electron chi connectivity index (χ3n) is 4.81. The Morgan fingerprint density at radius 2 is 2.11 bits per heavy atom. The van der Waals surface area contributed by atoms with Crippen LogP contribution in [0.25, 0.3) is 11.3 Å². The Hall–Kier alpha value is -3.06. The first kappa shape index (κ1) is 18.3. The van der Waals surface area contributed by atoms with E-state index in [0.717, 1.165) is 53.3 Å². The largest absolute Gasteiger partial charge is 0.493 e. The summed E-state index contributed by atoms with van der Waals surface area (Å²) in [5.41, 5.74) is 4.87. The summed E-state index contributed by atoms with van der Waals surface area (Å²) in [6.45, 7) is 1.51. The fraction of sp³-hybridized carbons (Fsp3) is 0.286. The van der Waals surface area contributed by atoms with Gasteiger partial charge in [0.1, 0.15) is 5.82 Å². The van der Waals surface area contributed by atoms with Crippen molar-refractivity contribution in [3.63, 3.8) is 0 Å². The van der Waals surface area contributed by atoms with Crippen LogP contribution in [0.5, 0.6) is 11.5 Å². The maximum Gasteiger partial charge on any atom is 0.161 e. The average molecular weight is 382 g/mol. The van der Waals surface area contributed by atoms with Gasteiger partial charge < -0.3 is 20.1 Å². The number of methoxy groups -OCH3 is 1. The number of ether oxygens (including phenoxy) is 2. The van der Waals surface area contributed by atoms with E-state index in [1.807, 2.05) is 25.2 Å². The molecule has 3 N–H and O–H groups in total. The Kier molecular flexibility index (Phi) is 5.16. The lowest BCUT2D eigenvalue weighted by molar-refractivity contribution is 0.289. The summed E-state index contributed by atoms with van der Waals surface area (Å²) >= 11 is 0. The lowest BCUT2D eigenvalue weighted by Gasteiger charge is -2.13. The number of fused-ring (bicyclic) bond motifs is 3. The maximum atomic E-state index is 13.5. The molecule has 3 aromatic rings. The number of hydrogen-bond acceptors (Lipinski definition) is 5. The standard InChI is InChI=1S/C21H23FN4O2/c1-23-7-4-8-28-19-12-16-13(10-18(19)27-2)9-17-20(16)25-26-21(17)24-15-6-3-5-14(22)11-15/h3,5-6,10-12,23H,4,7-9H2,1-2H3,(H2,24,25,26). The number of nitrogens with one attached hydrogen (secondary N) is 3. The summed E-state index contributed by atoms with van der Waals surface area (Å²) < 4.78 is 24.9. The predicted octanol–water partition coefficient (Wildman–Crippen LogP) is 3.86. The van der Waals surface area contributed by atoms with Crippen molar-refractivity contribution in [1.29, 1.82) is 0 Å². The third kappa shape index (κ3) is 3.53. The van der Waals surface area contributed by atoms with Crippen LogP contribution in [0.2, 0.25) is 0 Å². The van der Waals surface area contributed by atoms with Crippen molar-refractivity contribution in [2.24, 2.45) is 0 Å². The van der Waals surface area contributed by atoms with Gasteiger partial charge in [0, 0.05) is 23.2 Å². The maximum absolute atomic E-state index is 13.5. The molecule has 1 heterocycles. The molecule has 0 bridgehead atoms. The van der Waals surface area contributed by atoms with Crippen molar-refractivity contribution in [3.8, 4) is 22.8 Å². The van der Waals surface area contributed by atoms with Gasteiger partial charge in [-0.25, -0.2) is 4.39 Å². The van der Waals surface area contributed by atoms with Crippen LogP contribution in [0.15, 0.2) is 36.4 Å². The number of rotatable bonds is 8.